The molecule has 0 amide bonds. The zero-order chi connectivity index (χ0) is 10.8. The molecule has 1 aromatic rings. The number of hydrogen-bond donors (Lipinski definition) is 2. The first-order valence-electron chi connectivity index (χ1n) is 4.81. The zero-order valence-electron chi connectivity index (χ0n) is 8.14. The number of nitrogens with one attached hydrogen (secondary N) is 1. The minimum Gasteiger partial charge on any atom is -0.395 e. The van der Waals surface area contributed by atoms with Crippen LogP contribution in [-0.2, 0) is 13.0 Å². The van der Waals surface area contributed by atoms with E-state index in [0.29, 0.717) is 6.54 Å². The summed E-state index contributed by atoms with van der Waals surface area (Å²) < 4.78 is 0. The van der Waals surface area contributed by atoms with Crippen LogP contribution in [0.25, 0.3) is 0 Å². The number of nitro benzene ring substituents is 1. The van der Waals surface area contributed by atoms with Gasteiger partial charge in [-0.1, -0.05) is 6.07 Å². The molecule has 15 heavy (non-hydrogen) atoms. The molecule has 1 aliphatic rings. The minimum absolute atomic E-state index is 0.0685. The molecule has 2 rings (SSSR count). The Morgan fingerprint density at radius 1 is 1.53 bits per heavy atom. The smallest absolute Gasteiger partial charge is 0.269 e. The van der Waals surface area contributed by atoms with E-state index in [9.17, 15) is 10.1 Å². The Hall–Kier alpha value is -1.46. The molecule has 0 aliphatic carbocycles. The summed E-state index contributed by atoms with van der Waals surface area (Å²) in [7, 11) is 0. The van der Waals surface area contributed by atoms with Crippen molar-refractivity contribution in [1.29, 1.82) is 0 Å². The first-order valence-corrected chi connectivity index (χ1v) is 4.81. The Morgan fingerprint density at radius 3 is 3.00 bits per heavy atom. The Labute approximate surface area is 86.9 Å². The van der Waals surface area contributed by atoms with E-state index in [1.807, 2.05) is 0 Å². The third-order valence-electron chi connectivity index (χ3n) is 2.67. The Balaban J connectivity index is 2.28. The second kappa shape index (κ2) is 3.96. The highest BCUT2D eigenvalue weighted by molar-refractivity contribution is 5.41. The van der Waals surface area contributed by atoms with Gasteiger partial charge in [-0.15, -0.1) is 0 Å². The van der Waals surface area contributed by atoms with Gasteiger partial charge in [0.2, 0.25) is 0 Å². The molecule has 0 spiro atoms. The summed E-state index contributed by atoms with van der Waals surface area (Å²) in [5.41, 5.74) is 2.16. The summed E-state index contributed by atoms with van der Waals surface area (Å²) in [5, 5.41) is 22.7. The molecule has 80 valence electrons. The van der Waals surface area contributed by atoms with Crippen molar-refractivity contribution < 1.29 is 10.0 Å². The van der Waals surface area contributed by atoms with Gasteiger partial charge in [0.25, 0.3) is 5.69 Å². The molecule has 5 heteroatoms. The summed E-state index contributed by atoms with van der Waals surface area (Å²) >= 11 is 0. The standard InChI is InChI=1S/C10H12N2O3/c13-6-9-3-7-1-2-10(12(14)15)4-8(7)5-11-9/h1-2,4,9,11,13H,3,5-6H2/t9-/m0/s1. The number of nitro groups is 1. The van der Waals surface area contributed by atoms with Crippen LogP contribution in [0.15, 0.2) is 18.2 Å². The lowest BCUT2D eigenvalue weighted by Gasteiger charge is -2.24. The van der Waals surface area contributed by atoms with Crippen LogP contribution >= 0.6 is 0 Å². The monoisotopic (exact) mass is 208 g/mol. The van der Waals surface area contributed by atoms with E-state index in [1.165, 1.54) is 6.07 Å². The Bertz CT molecular complexity index is 392. The molecule has 0 bridgehead atoms. The molecule has 1 heterocycles. The maximum absolute atomic E-state index is 10.6. The van der Waals surface area contributed by atoms with E-state index in [-0.39, 0.29) is 18.3 Å². The molecule has 0 fully saturated rings. The molecular formula is C10H12N2O3. The van der Waals surface area contributed by atoms with Crippen LogP contribution in [-0.4, -0.2) is 22.7 Å². The number of aliphatic hydroxyl groups excluding tert-OH is 1. The van der Waals surface area contributed by atoms with E-state index < -0.39 is 4.92 Å². The Morgan fingerprint density at radius 2 is 2.33 bits per heavy atom. The van der Waals surface area contributed by atoms with Gasteiger partial charge in [0, 0.05) is 24.7 Å². The number of fused-ring (bicyclic) bond motifs is 1. The van der Waals surface area contributed by atoms with Crippen LogP contribution in [0.5, 0.6) is 0 Å². The van der Waals surface area contributed by atoms with Crippen LogP contribution in [0.3, 0.4) is 0 Å². The van der Waals surface area contributed by atoms with Gasteiger partial charge in [-0.05, 0) is 17.5 Å². The number of non-ortho nitro benzene ring substituents is 1. The van der Waals surface area contributed by atoms with Gasteiger partial charge in [0.1, 0.15) is 0 Å². The molecule has 0 saturated carbocycles. The fourth-order valence-electron chi connectivity index (χ4n) is 1.81. The van der Waals surface area contributed by atoms with Crippen LogP contribution < -0.4 is 5.32 Å². The van der Waals surface area contributed by atoms with Crippen LogP contribution in [0.1, 0.15) is 11.1 Å². The number of rotatable bonds is 2. The summed E-state index contributed by atoms with van der Waals surface area (Å²) in [4.78, 5) is 10.2. The van der Waals surface area contributed by atoms with E-state index in [1.54, 1.807) is 12.1 Å². The van der Waals surface area contributed by atoms with Crippen molar-refractivity contribution in [2.24, 2.45) is 0 Å². The lowest BCUT2D eigenvalue weighted by Crippen LogP contribution is -2.38. The summed E-state index contributed by atoms with van der Waals surface area (Å²) in [6.45, 7) is 0.679. The van der Waals surface area contributed by atoms with Crippen molar-refractivity contribution in [1.82, 2.24) is 5.32 Å². The molecule has 1 aromatic carbocycles. The first kappa shape index (κ1) is 10.1. The predicted molar refractivity (Wildman–Crippen MR) is 54.5 cm³/mol. The summed E-state index contributed by atoms with van der Waals surface area (Å²) in [5.74, 6) is 0. The Kier molecular flexibility index (Phi) is 2.66. The van der Waals surface area contributed by atoms with Crippen molar-refractivity contribution in [2.75, 3.05) is 6.61 Å². The maximum atomic E-state index is 10.6. The van der Waals surface area contributed by atoms with Gasteiger partial charge in [0.15, 0.2) is 0 Å². The van der Waals surface area contributed by atoms with E-state index in [4.69, 9.17) is 5.11 Å². The van der Waals surface area contributed by atoms with E-state index in [0.717, 1.165) is 17.5 Å². The highest BCUT2D eigenvalue weighted by atomic mass is 16.6. The van der Waals surface area contributed by atoms with Crippen LogP contribution in [0.4, 0.5) is 5.69 Å². The largest absolute Gasteiger partial charge is 0.395 e. The minimum atomic E-state index is -0.390. The second-order valence-electron chi connectivity index (χ2n) is 3.67. The maximum Gasteiger partial charge on any atom is 0.269 e. The average molecular weight is 208 g/mol. The normalized spacial score (nSPS) is 19.7. The third-order valence-corrected chi connectivity index (χ3v) is 2.67. The van der Waals surface area contributed by atoms with Gasteiger partial charge in [-0.3, -0.25) is 10.1 Å². The van der Waals surface area contributed by atoms with Crippen LogP contribution in [0, 0.1) is 10.1 Å². The van der Waals surface area contributed by atoms with Crippen molar-refractivity contribution in [3.63, 3.8) is 0 Å². The van der Waals surface area contributed by atoms with Crippen LogP contribution in [0.2, 0.25) is 0 Å². The molecule has 0 radical (unpaired) electrons. The molecule has 0 unspecified atom stereocenters. The topological polar surface area (TPSA) is 75.4 Å². The summed E-state index contributed by atoms with van der Waals surface area (Å²) in [6.07, 6.45) is 0.726. The van der Waals surface area contributed by atoms with Crippen molar-refractivity contribution in [3.05, 3.63) is 39.4 Å². The van der Waals surface area contributed by atoms with Gasteiger partial charge in [-0.25, -0.2) is 0 Å². The third kappa shape index (κ3) is 1.98. The van der Waals surface area contributed by atoms with Crippen molar-refractivity contribution >= 4 is 5.69 Å². The average Bonchev–Trinajstić information content (AvgIpc) is 2.27. The fraction of sp³-hybridized carbons (Fsp3) is 0.400. The van der Waals surface area contributed by atoms with Gasteiger partial charge >= 0.3 is 0 Å². The lowest BCUT2D eigenvalue weighted by molar-refractivity contribution is -0.384. The highest BCUT2D eigenvalue weighted by Gasteiger charge is 2.19. The summed E-state index contributed by atoms with van der Waals surface area (Å²) in [6, 6.07) is 4.95. The zero-order valence-corrected chi connectivity index (χ0v) is 8.14. The number of aliphatic hydroxyl groups is 1. The van der Waals surface area contributed by atoms with Gasteiger partial charge < -0.3 is 10.4 Å². The molecule has 1 aliphatic heterocycles. The highest BCUT2D eigenvalue weighted by Crippen LogP contribution is 2.22. The van der Waals surface area contributed by atoms with E-state index in [2.05, 4.69) is 5.32 Å². The van der Waals surface area contributed by atoms with Gasteiger partial charge in [-0.2, -0.15) is 0 Å². The predicted octanol–water partition coefficient (Wildman–Crippen LogP) is 0.601. The molecule has 2 N–H and O–H groups in total. The second-order valence-corrected chi connectivity index (χ2v) is 3.67. The van der Waals surface area contributed by atoms with E-state index >= 15 is 0 Å². The number of nitrogens with zero attached hydrogens (tertiary/aromatic N) is 1. The quantitative estimate of drug-likeness (QED) is 0.551. The van der Waals surface area contributed by atoms with Gasteiger partial charge in [0.05, 0.1) is 11.5 Å². The SMILES string of the molecule is O=[N+]([O-])c1ccc2c(c1)CN[C@H](CO)C2. The first-order chi connectivity index (χ1) is 7.20. The van der Waals surface area contributed by atoms with Crippen molar-refractivity contribution in [3.8, 4) is 0 Å². The molecular weight excluding hydrogens is 196 g/mol. The number of hydrogen-bond acceptors (Lipinski definition) is 4. The van der Waals surface area contributed by atoms with Crippen molar-refractivity contribution in [2.45, 2.75) is 19.0 Å². The molecule has 5 nitrogen and oxygen atoms in total. The fourth-order valence-corrected chi connectivity index (χ4v) is 1.81. The number of benzene rings is 1. The lowest BCUT2D eigenvalue weighted by atomic mass is 9.96. The molecule has 1 atom stereocenters. The molecule has 0 saturated heterocycles. The molecule has 0 aromatic heterocycles.